The van der Waals surface area contributed by atoms with Gasteiger partial charge in [-0.2, -0.15) is 0 Å². The zero-order valence-electron chi connectivity index (χ0n) is 9.58. The van der Waals surface area contributed by atoms with Gasteiger partial charge in [0.25, 0.3) is 0 Å². The summed E-state index contributed by atoms with van der Waals surface area (Å²) >= 11 is 20.5. The Labute approximate surface area is 135 Å². The molecule has 2 aromatic carbocycles. The molecule has 0 spiro atoms. The SMILES string of the molecule is NC(=S)c1ccc(Nc2cccc(Cl)c2Cl)cc1Br. The largest absolute Gasteiger partial charge is 0.389 e. The Bertz CT molecular complexity index is 647. The number of hydrogen-bond acceptors (Lipinski definition) is 2. The standard InChI is InChI=1S/C13H9BrCl2N2S/c14-9-6-7(4-5-8(9)13(17)19)18-11-3-1-2-10(15)12(11)16/h1-6,18H,(H2,17,19). The lowest BCUT2D eigenvalue weighted by Crippen LogP contribution is -2.10. The molecule has 2 aromatic rings. The highest BCUT2D eigenvalue weighted by Gasteiger charge is 2.07. The van der Waals surface area contributed by atoms with Gasteiger partial charge in [0.1, 0.15) is 4.99 Å². The highest BCUT2D eigenvalue weighted by atomic mass is 79.9. The molecule has 2 rings (SSSR count). The third-order valence-electron chi connectivity index (χ3n) is 2.47. The second kappa shape index (κ2) is 6.09. The normalized spacial score (nSPS) is 10.3. The van der Waals surface area contributed by atoms with E-state index in [9.17, 15) is 0 Å². The molecule has 0 bridgehead atoms. The van der Waals surface area contributed by atoms with Crippen LogP contribution >= 0.6 is 51.3 Å². The van der Waals surface area contributed by atoms with Gasteiger partial charge < -0.3 is 11.1 Å². The first-order valence-electron chi connectivity index (χ1n) is 5.29. The number of nitrogens with one attached hydrogen (secondary N) is 1. The minimum absolute atomic E-state index is 0.346. The molecule has 6 heteroatoms. The maximum atomic E-state index is 6.12. The van der Waals surface area contributed by atoms with Gasteiger partial charge in [0.15, 0.2) is 0 Å². The molecule has 0 aliphatic heterocycles. The summed E-state index contributed by atoms with van der Waals surface area (Å²) in [5, 5.41) is 4.18. The molecule has 0 heterocycles. The molecule has 0 unspecified atom stereocenters. The Morgan fingerprint density at radius 2 is 1.95 bits per heavy atom. The number of halogens is 3. The molecule has 0 atom stereocenters. The summed E-state index contributed by atoms with van der Waals surface area (Å²) in [6.45, 7) is 0. The van der Waals surface area contributed by atoms with Crippen LogP contribution in [0.2, 0.25) is 10.0 Å². The van der Waals surface area contributed by atoms with Gasteiger partial charge in [0.2, 0.25) is 0 Å². The van der Waals surface area contributed by atoms with E-state index >= 15 is 0 Å². The third-order valence-corrected chi connectivity index (χ3v) is 4.16. The number of hydrogen-bond donors (Lipinski definition) is 2. The molecule has 3 N–H and O–H groups in total. The number of anilines is 2. The maximum Gasteiger partial charge on any atom is 0.105 e. The number of nitrogens with two attached hydrogens (primary N) is 1. The van der Waals surface area contributed by atoms with Crippen molar-refractivity contribution in [3.63, 3.8) is 0 Å². The van der Waals surface area contributed by atoms with Crippen molar-refractivity contribution >= 4 is 67.7 Å². The minimum atomic E-state index is 0.346. The first kappa shape index (κ1) is 14.6. The van der Waals surface area contributed by atoms with Crippen LogP contribution in [0.3, 0.4) is 0 Å². The number of rotatable bonds is 3. The fraction of sp³-hybridized carbons (Fsp3) is 0. The van der Waals surface area contributed by atoms with Crippen LogP contribution in [0.5, 0.6) is 0 Å². The molecule has 2 nitrogen and oxygen atoms in total. The lowest BCUT2D eigenvalue weighted by Gasteiger charge is -2.11. The van der Waals surface area contributed by atoms with Crippen molar-refractivity contribution in [1.82, 2.24) is 0 Å². The summed E-state index contributed by atoms with van der Waals surface area (Å²) in [6.07, 6.45) is 0. The van der Waals surface area contributed by atoms with Crippen molar-refractivity contribution in [2.24, 2.45) is 5.73 Å². The summed E-state index contributed by atoms with van der Waals surface area (Å²) < 4.78 is 0.822. The Hall–Kier alpha value is -0.810. The van der Waals surface area contributed by atoms with Crippen molar-refractivity contribution in [2.45, 2.75) is 0 Å². The van der Waals surface area contributed by atoms with Gasteiger partial charge in [-0.05, 0) is 46.3 Å². The summed E-state index contributed by atoms with van der Waals surface area (Å²) in [4.78, 5) is 0.346. The zero-order chi connectivity index (χ0) is 14.0. The molecule has 0 radical (unpaired) electrons. The molecular formula is C13H9BrCl2N2S. The predicted molar refractivity (Wildman–Crippen MR) is 89.8 cm³/mol. The molecular weight excluding hydrogens is 367 g/mol. The van der Waals surface area contributed by atoms with Gasteiger partial charge in [-0.1, -0.05) is 41.5 Å². The average molecular weight is 376 g/mol. The Kier molecular flexibility index (Phi) is 4.68. The summed E-state index contributed by atoms with van der Waals surface area (Å²) in [6, 6.07) is 11.0. The van der Waals surface area contributed by atoms with Crippen LogP contribution in [0.25, 0.3) is 0 Å². The second-order valence-electron chi connectivity index (χ2n) is 3.79. The van der Waals surface area contributed by atoms with E-state index in [0.717, 1.165) is 21.4 Å². The maximum absolute atomic E-state index is 6.12. The van der Waals surface area contributed by atoms with Gasteiger partial charge in [0.05, 0.1) is 15.7 Å². The number of benzene rings is 2. The van der Waals surface area contributed by atoms with E-state index in [0.29, 0.717) is 15.0 Å². The highest BCUT2D eigenvalue weighted by Crippen LogP contribution is 2.32. The molecule has 19 heavy (non-hydrogen) atoms. The quantitative estimate of drug-likeness (QED) is 0.730. The third kappa shape index (κ3) is 3.39. The van der Waals surface area contributed by atoms with Gasteiger partial charge in [-0.25, -0.2) is 0 Å². The topological polar surface area (TPSA) is 38.0 Å². The molecule has 0 saturated carbocycles. The van der Waals surface area contributed by atoms with Crippen LogP contribution in [-0.4, -0.2) is 4.99 Å². The fourth-order valence-corrected chi connectivity index (χ4v) is 2.80. The zero-order valence-corrected chi connectivity index (χ0v) is 13.5. The Balaban J connectivity index is 2.32. The predicted octanol–water partition coefficient (Wildman–Crippen LogP) is 5.13. The van der Waals surface area contributed by atoms with E-state index in [2.05, 4.69) is 21.2 Å². The lowest BCUT2D eigenvalue weighted by molar-refractivity contribution is 1.51. The van der Waals surface area contributed by atoms with E-state index in [1.165, 1.54) is 0 Å². The monoisotopic (exact) mass is 374 g/mol. The van der Waals surface area contributed by atoms with E-state index in [1.807, 2.05) is 30.3 Å². The van der Waals surface area contributed by atoms with E-state index in [1.54, 1.807) is 6.07 Å². The molecule has 0 aliphatic carbocycles. The smallest absolute Gasteiger partial charge is 0.105 e. The molecule has 0 saturated heterocycles. The van der Waals surface area contributed by atoms with Crippen LogP contribution in [0.4, 0.5) is 11.4 Å². The molecule has 98 valence electrons. The first-order chi connectivity index (χ1) is 8.99. The van der Waals surface area contributed by atoms with Crippen molar-refractivity contribution in [3.05, 3.63) is 56.5 Å². The summed E-state index contributed by atoms with van der Waals surface area (Å²) in [5.74, 6) is 0. The van der Waals surface area contributed by atoms with E-state index in [4.69, 9.17) is 41.2 Å². The lowest BCUT2D eigenvalue weighted by atomic mass is 10.2. The molecule has 0 fully saturated rings. The van der Waals surface area contributed by atoms with Crippen LogP contribution in [0.1, 0.15) is 5.56 Å². The minimum Gasteiger partial charge on any atom is -0.389 e. The average Bonchev–Trinajstić information content (AvgIpc) is 2.34. The van der Waals surface area contributed by atoms with Gasteiger partial charge in [-0.15, -0.1) is 0 Å². The van der Waals surface area contributed by atoms with Crippen molar-refractivity contribution in [2.75, 3.05) is 5.32 Å². The fourth-order valence-electron chi connectivity index (χ4n) is 1.55. The van der Waals surface area contributed by atoms with E-state index < -0.39 is 0 Å². The Morgan fingerprint density at radius 3 is 2.58 bits per heavy atom. The first-order valence-corrected chi connectivity index (χ1v) is 7.25. The Morgan fingerprint density at radius 1 is 1.21 bits per heavy atom. The highest BCUT2D eigenvalue weighted by molar-refractivity contribution is 9.10. The second-order valence-corrected chi connectivity index (χ2v) is 5.86. The van der Waals surface area contributed by atoms with E-state index in [-0.39, 0.29) is 0 Å². The van der Waals surface area contributed by atoms with Gasteiger partial charge >= 0.3 is 0 Å². The van der Waals surface area contributed by atoms with Crippen molar-refractivity contribution in [3.8, 4) is 0 Å². The van der Waals surface area contributed by atoms with Crippen LogP contribution < -0.4 is 11.1 Å². The van der Waals surface area contributed by atoms with Gasteiger partial charge in [0, 0.05) is 15.7 Å². The molecule has 0 aromatic heterocycles. The molecule has 0 amide bonds. The van der Waals surface area contributed by atoms with Crippen molar-refractivity contribution in [1.29, 1.82) is 0 Å². The van der Waals surface area contributed by atoms with Crippen molar-refractivity contribution < 1.29 is 0 Å². The molecule has 0 aliphatic rings. The van der Waals surface area contributed by atoms with Gasteiger partial charge in [-0.3, -0.25) is 0 Å². The van der Waals surface area contributed by atoms with Crippen LogP contribution in [0.15, 0.2) is 40.9 Å². The van der Waals surface area contributed by atoms with Crippen LogP contribution in [-0.2, 0) is 0 Å². The summed E-state index contributed by atoms with van der Waals surface area (Å²) in [7, 11) is 0. The number of thiocarbonyl (C=S) groups is 1. The summed E-state index contributed by atoms with van der Waals surface area (Å²) in [5.41, 5.74) is 7.99. The van der Waals surface area contributed by atoms with Crippen LogP contribution in [0, 0.1) is 0 Å².